The molecule has 0 aromatic carbocycles. The number of hydrogen-bond donors (Lipinski definition) is 0. The summed E-state index contributed by atoms with van der Waals surface area (Å²) in [5, 5.41) is 14.6. The highest BCUT2D eigenvalue weighted by atomic mass is 16.6. The average molecular weight is 154 g/mol. The molecule has 1 aromatic rings. The quantitative estimate of drug-likeness (QED) is 0.478. The van der Waals surface area contributed by atoms with Crippen LogP contribution < -0.4 is 9.79 Å². The second-order valence-corrected chi connectivity index (χ2v) is 3.13. The summed E-state index contributed by atoms with van der Waals surface area (Å²) in [7, 11) is 0. The van der Waals surface area contributed by atoms with E-state index in [4.69, 9.17) is 0 Å². The first-order valence-electron chi connectivity index (χ1n) is 3.83. The molecular formula is C7H10N2O2. The fraction of sp³-hybridized carbons (Fsp3) is 0.714. The van der Waals surface area contributed by atoms with Crippen LogP contribution in [0, 0.1) is 5.92 Å². The summed E-state index contributed by atoms with van der Waals surface area (Å²) < 4.78 is 6.20. The van der Waals surface area contributed by atoms with E-state index in [1.54, 1.807) is 4.68 Å². The van der Waals surface area contributed by atoms with Crippen molar-refractivity contribution in [3.8, 4) is 5.95 Å². The van der Waals surface area contributed by atoms with Gasteiger partial charge in [-0.2, -0.15) is 0 Å². The minimum atomic E-state index is -0.267. The molecule has 11 heavy (non-hydrogen) atoms. The normalized spacial score (nSPS) is 23.2. The van der Waals surface area contributed by atoms with Crippen molar-refractivity contribution in [2.45, 2.75) is 26.3 Å². The topological polar surface area (TPSA) is 53.0 Å². The maximum atomic E-state index is 10.9. The second-order valence-electron chi connectivity index (χ2n) is 3.13. The van der Waals surface area contributed by atoms with Crippen molar-refractivity contribution in [1.82, 2.24) is 5.27 Å². The van der Waals surface area contributed by atoms with Crippen LogP contribution in [-0.2, 0) is 13.0 Å². The van der Waals surface area contributed by atoms with Gasteiger partial charge < -0.3 is 9.63 Å². The maximum absolute atomic E-state index is 10.9. The van der Waals surface area contributed by atoms with Crippen LogP contribution in [0.4, 0.5) is 0 Å². The molecule has 1 aliphatic heterocycles. The van der Waals surface area contributed by atoms with E-state index in [1.165, 1.54) is 0 Å². The van der Waals surface area contributed by atoms with Crippen LogP contribution >= 0.6 is 0 Å². The molecule has 1 atom stereocenters. The molecule has 4 nitrogen and oxygen atoms in total. The Bertz CT molecular complexity index is 269. The van der Waals surface area contributed by atoms with Crippen molar-refractivity contribution in [3.63, 3.8) is 0 Å². The van der Waals surface area contributed by atoms with Crippen LogP contribution in [0.2, 0.25) is 0 Å². The Hall–Kier alpha value is -1.06. The van der Waals surface area contributed by atoms with Crippen molar-refractivity contribution in [2.24, 2.45) is 5.92 Å². The van der Waals surface area contributed by atoms with E-state index in [1.807, 2.05) is 0 Å². The van der Waals surface area contributed by atoms with Gasteiger partial charge >= 0.3 is 0 Å². The van der Waals surface area contributed by atoms with Gasteiger partial charge in [0.25, 0.3) is 0 Å². The average Bonchev–Trinajstić information content (AvgIpc) is 2.32. The van der Waals surface area contributed by atoms with Crippen molar-refractivity contribution < 1.29 is 14.3 Å². The highest BCUT2D eigenvalue weighted by molar-refractivity contribution is 5.04. The van der Waals surface area contributed by atoms with E-state index < -0.39 is 0 Å². The second kappa shape index (κ2) is 2.22. The van der Waals surface area contributed by atoms with Gasteiger partial charge in [-0.15, -0.1) is 0 Å². The van der Waals surface area contributed by atoms with E-state index >= 15 is 0 Å². The molecule has 0 bridgehead atoms. The Labute approximate surface area is 64.4 Å². The third-order valence-corrected chi connectivity index (χ3v) is 2.13. The first kappa shape index (κ1) is 6.64. The molecule has 2 heterocycles. The lowest BCUT2D eigenvalue weighted by atomic mass is 10.0. The summed E-state index contributed by atoms with van der Waals surface area (Å²) in [6.45, 7) is 2.97. The molecule has 2 rings (SSSR count). The molecular weight excluding hydrogens is 144 g/mol. The molecule has 1 aromatic heterocycles. The smallest absolute Gasteiger partial charge is 0.233 e. The molecule has 1 unspecified atom stereocenters. The van der Waals surface area contributed by atoms with Crippen molar-refractivity contribution in [3.05, 3.63) is 5.69 Å². The van der Waals surface area contributed by atoms with Gasteiger partial charge in [-0.25, -0.2) is 0 Å². The van der Waals surface area contributed by atoms with E-state index in [2.05, 4.69) is 16.7 Å². The van der Waals surface area contributed by atoms with Crippen LogP contribution in [0.3, 0.4) is 0 Å². The summed E-state index contributed by atoms with van der Waals surface area (Å²) in [5.41, 5.74) is 0.725. The molecule has 0 radical (unpaired) electrons. The Balaban J connectivity index is 2.36. The van der Waals surface area contributed by atoms with Crippen LogP contribution in [0.15, 0.2) is 4.52 Å². The lowest BCUT2D eigenvalue weighted by molar-refractivity contribution is -0.777. The minimum Gasteiger partial charge on any atom is -0.539 e. The molecule has 0 saturated heterocycles. The van der Waals surface area contributed by atoms with Gasteiger partial charge in [0, 0.05) is 12.3 Å². The van der Waals surface area contributed by atoms with Crippen molar-refractivity contribution in [2.75, 3.05) is 0 Å². The van der Waals surface area contributed by atoms with E-state index in [9.17, 15) is 5.11 Å². The Morgan fingerprint density at radius 2 is 2.55 bits per heavy atom. The van der Waals surface area contributed by atoms with Gasteiger partial charge in [-0.1, -0.05) is 11.6 Å². The minimum absolute atomic E-state index is 0.267. The number of fused-ring (bicyclic) bond motifs is 1. The largest absolute Gasteiger partial charge is 0.539 e. The van der Waals surface area contributed by atoms with Crippen LogP contribution in [0.25, 0.3) is 0 Å². The van der Waals surface area contributed by atoms with E-state index in [-0.39, 0.29) is 5.95 Å². The monoisotopic (exact) mass is 154 g/mol. The Morgan fingerprint density at radius 1 is 1.73 bits per heavy atom. The fourth-order valence-electron chi connectivity index (χ4n) is 1.44. The molecule has 0 fully saturated rings. The first-order valence-corrected chi connectivity index (χ1v) is 3.83. The standard InChI is InChI=1S/C7H10N2O2/c1-5-2-3-6-7(10)11-8-9(6)4-5/h5H,2-4H2,1H3. The van der Waals surface area contributed by atoms with Crippen molar-refractivity contribution >= 4 is 0 Å². The zero-order chi connectivity index (χ0) is 7.84. The van der Waals surface area contributed by atoms with Crippen LogP contribution in [0.1, 0.15) is 19.0 Å². The van der Waals surface area contributed by atoms with Crippen molar-refractivity contribution in [1.29, 1.82) is 0 Å². The summed E-state index contributed by atoms with van der Waals surface area (Å²) >= 11 is 0. The van der Waals surface area contributed by atoms with Crippen LogP contribution in [-0.4, -0.2) is 5.27 Å². The number of aromatic nitrogens is 2. The molecule has 0 amide bonds. The lowest BCUT2D eigenvalue weighted by Gasteiger charge is -2.10. The van der Waals surface area contributed by atoms with Gasteiger partial charge in [0.05, 0.1) is 5.27 Å². The number of hydrogen-bond acceptors (Lipinski definition) is 3. The fourth-order valence-corrected chi connectivity index (χ4v) is 1.44. The molecule has 0 N–H and O–H groups in total. The van der Waals surface area contributed by atoms with E-state index in [0.717, 1.165) is 25.1 Å². The SMILES string of the molecule is CC1CCc2c([O-])on[n+]2C1. The van der Waals surface area contributed by atoms with E-state index in [0.29, 0.717) is 5.92 Å². The highest BCUT2D eigenvalue weighted by Gasteiger charge is 2.25. The Morgan fingerprint density at radius 3 is 3.36 bits per heavy atom. The molecule has 4 heteroatoms. The number of rotatable bonds is 0. The summed E-state index contributed by atoms with van der Waals surface area (Å²) in [6, 6.07) is 0. The molecule has 0 saturated carbocycles. The van der Waals surface area contributed by atoms with Gasteiger partial charge in [0.15, 0.2) is 12.5 Å². The van der Waals surface area contributed by atoms with Crippen LogP contribution in [0.5, 0.6) is 5.95 Å². The predicted molar refractivity (Wildman–Crippen MR) is 33.6 cm³/mol. The highest BCUT2D eigenvalue weighted by Crippen LogP contribution is 2.17. The molecule has 60 valence electrons. The third kappa shape index (κ3) is 0.982. The van der Waals surface area contributed by atoms with Gasteiger partial charge in [-0.3, -0.25) is 0 Å². The third-order valence-electron chi connectivity index (χ3n) is 2.13. The zero-order valence-electron chi connectivity index (χ0n) is 6.41. The summed E-state index contributed by atoms with van der Waals surface area (Å²) in [5.74, 6) is 0.342. The predicted octanol–water partition coefficient (Wildman–Crippen LogP) is -0.382. The summed E-state index contributed by atoms with van der Waals surface area (Å²) in [6.07, 6.45) is 1.87. The lowest BCUT2D eigenvalue weighted by Crippen LogP contribution is -2.45. The first-order chi connectivity index (χ1) is 5.27. The zero-order valence-corrected chi connectivity index (χ0v) is 6.41. The maximum Gasteiger partial charge on any atom is 0.233 e. The molecule has 0 spiro atoms. The summed E-state index contributed by atoms with van der Waals surface area (Å²) in [4.78, 5) is 0. The van der Waals surface area contributed by atoms with Gasteiger partial charge in [-0.05, 0) is 6.42 Å². The molecule has 0 aliphatic carbocycles. The molecule has 1 aliphatic rings. The Kier molecular flexibility index (Phi) is 1.34. The number of nitrogens with zero attached hydrogens (tertiary/aromatic N) is 2. The van der Waals surface area contributed by atoms with Gasteiger partial charge in [0.2, 0.25) is 5.69 Å². The van der Waals surface area contributed by atoms with Gasteiger partial charge in [0.1, 0.15) is 0 Å².